The van der Waals surface area contributed by atoms with Crippen LogP contribution in [0.25, 0.3) is 0 Å². The average Bonchev–Trinajstić information content (AvgIpc) is 2.58. The Hall–Kier alpha value is -0.820. The SMILES string of the molecule is CC1(NCCCC(C)(C)C(N)=NO)CCS(=O)(=O)C1. The van der Waals surface area contributed by atoms with Gasteiger partial charge in [-0.3, -0.25) is 0 Å². The Morgan fingerprint density at radius 3 is 2.63 bits per heavy atom. The first kappa shape index (κ1) is 16.2. The van der Waals surface area contributed by atoms with Crippen LogP contribution in [0.2, 0.25) is 0 Å². The zero-order chi connectivity index (χ0) is 14.7. The Balaban J connectivity index is 2.36. The highest BCUT2D eigenvalue weighted by molar-refractivity contribution is 7.91. The maximum Gasteiger partial charge on any atom is 0.152 e. The molecule has 0 aromatic carbocycles. The summed E-state index contributed by atoms with van der Waals surface area (Å²) in [5.41, 5.74) is 4.96. The molecule has 0 aromatic rings. The molecule has 4 N–H and O–H groups in total. The highest BCUT2D eigenvalue weighted by Crippen LogP contribution is 2.24. The van der Waals surface area contributed by atoms with Gasteiger partial charge in [-0.1, -0.05) is 19.0 Å². The standard InChI is InChI=1S/C12H25N3O3S/c1-11(2,10(13)15-16)5-4-7-14-12(3)6-8-19(17,18)9-12/h14,16H,4-9H2,1-3H3,(H2,13,15). The fourth-order valence-electron chi connectivity index (χ4n) is 2.33. The molecular formula is C12H25N3O3S. The summed E-state index contributed by atoms with van der Waals surface area (Å²) in [5.74, 6) is 0.706. The molecule has 1 fully saturated rings. The van der Waals surface area contributed by atoms with E-state index < -0.39 is 9.84 Å². The van der Waals surface area contributed by atoms with Gasteiger partial charge in [-0.05, 0) is 32.7 Å². The minimum absolute atomic E-state index is 0.212. The van der Waals surface area contributed by atoms with Crippen LogP contribution in [0.3, 0.4) is 0 Å². The van der Waals surface area contributed by atoms with Crippen LogP contribution in [-0.4, -0.2) is 43.1 Å². The molecule has 0 saturated carbocycles. The van der Waals surface area contributed by atoms with Gasteiger partial charge in [0.15, 0.2) is 9.84 Å². The van der Waals surface area contributed by atoms with E-state index in [1.807, 2.05) is 20.8 Å². The Kier molecular flexibility index (Phi) is 4.84. The molecule has 0 aromatic heterocycles. The van der Waals surface area contributed by atoms with E-state index in [0.29, 0.717) is 6.42 Å². The van der Waals surface area contributed by atoms with Crippen molar-refractivity contribution in [3.8, 4) is 0 Å². The predicted molar refractivity (Wildman–Crippen MR) is 76.1 cm³/mol. The maximum atomic E-state index is 11.5. The van der Waals surface area contributed by atoms with Crippen molar-refractivity contribution in [1.29, 1.82) is 0 Å². The summed E-state index contributed by atoms with van der Waals surface area (Å²) in [5, 5.41) is 15.0. The molecule has 112 valence electrons. The average molecular weight is 291 g/mol. The monoisotopic (exact) mass is 291 g/mol. The van der Waals surface area contributed by atoms with Crippen molar-refractivity contribution < 1.29 is 13.6 Å². The molecule has 1 unspecified atom stereocenters. The van der Waals surface area contributed by atoms with Crippen LogP contribution in [0.15, 0.2) is 5.16 Å². The van der Waals surface area contributed by atoms with Crippen LogP contribution < -0.4 is 11.1 Å². The second-order valence-corrected chi connectivity index (χ2v) is 8.49. The van der Waals surface area contributed by atoms with E-state index in [1.54, 1.807) is 0 Å². The van der Waals surface area contributed by atoms with Crippen LogP contribution in [0.1, 0.15) is 40.0 Å². The van der Waals surface area contributed by atoms with E-state index in [0.717, 1.165) is 19.4 Å². The molecule has 19 heavy (non-hydrogen) atoms. The van der Waals surface area contributed by atoms with Crippen LogP contribution in [0.4, 0.5) is 0 Å². The van der Waals surface area contributed by atoms with Crippen molar-refractivity contribution in [3.63, 3.8) is 0 Å². The summed E-state index contributed by atoms with van der Waals surface area (Å²) in [6.45, 7) is 6.52. The summed E-state index contributed by atoms with van der Waals surface area (Å²) in [6.07, 6.45) is 2.29. The van der Waals surface area contributed by atoms with E-state index >= 15 is 0 Å². The third-order valence-electron chi connectivity index (χ3n) is 3.83. The number of hydrogen-bond acceptors (Lipinski definition) is 5. The molecule has 1 heterocycles. The van der Waals surface area contributed by atoms with Gasteiger partial charge in [0, 0.05) is 11.0 Å². The van der Waals surface area contributed by atoms with E-state index in [4.69, 9.17) is 10.9 Å². The lowest BCUT2D eigenvalue weighted by Crippen LogP contribution is -2.44. The summed E-state index contributed by atoms with van der Waals surface area (Å²) >= 11 is 0. The molecule has 0 bridgehead atoms. The first-order chi connectivity index (χ1) is 8.60. The van der Waals surface area contributed by atoms with Crippen molar-refractivity contribution in [2.24, 2.45) is 16.3 Å². The highest BCUT2D eigenvalue weighted by Gasteiger charge is 2.37. The molecular weight excluding hydrogens is 266 g/mol. The first-order valence-corrected chi connectivity index (χ1v) is 8.36. The van der Waals surface area contributed by atoms with Gasteiger partial charge in [0.05, 0.1) is 11.5 Å². The number of nitrogens with two attached hydrogens (primary N) is 1. The number of sulfone groups is 1. The molecule has 1 aliphatic rings. The smallest absolute Gasteiger partial charge is 0.152 e. The Bertz CT molecular complexity index is 445. The minimum atomic E-state index is -2.87. The quantitative estimate of drug-likeness (QED) is 0.220. The van der Waals surface area contributed by atoms with Gasteiger partial charge in [0.2, 0.25) is 0 Å². The molecule has 0 spiro atoms. The van der Waals surface area contributed by atoms with Gasteiger partial charge in [0.25, 0.3) is 0 Å². The third-order valence-corrected chi connectivity index (χ3v) is 5.74. The number of rotatable bonds is 6. The predicted octanol–water partition coefficient (Wildman–Crippen LogP) is 0.706. The van der Waals surface area contributed by atoms with E-state index in [1.165, 1.54) is 0 Å². The zero-order valence-electron chi connectivity index (χ0n) is 11.9. The molecule has 0 radical (unpaired) electrons. The minimum Gasteiger partial charge on any atom is -0.409 e. The van der Waals surface area contributed by atoms with E-state index in [-0.39, 0.29) is 28.3 Å². The summed E-state index contributed by atoms with van der Waals surface area (Å²) in [7, 11) is -2.87. The fourth-order valence-corrected chi connectivity index (χ4v) is 4.46. The lowest BCUT2D eigenvalue weighted by atomic mass is 9.86. The van der Waals surface area contributed by atoms with Gasteiger partial charge in [-0.15, -0.1) is 0 Å². The third kappa shape index (κ3) is 4.65. The normalized spacial score (nSPS) is 27.6. The van der Waals surface area contributed by atoms with Gasteiger partial charge in [0.1, 0.15) is 5.84 Å². The number of oxime groups is 1. The summed E-state index contributed by atoms with van der Waals surface area (Å²) in [6, 6.07) is 0. The molecule has 1 atom stereocenters. The van der Waals surface area contributed by atoms with Crippen LogP contribution >= 0.6 is 0 Å². The zero-order valence-corrected chi connectivity index (χ0v) is 12.8. The molecule has 1 rings (SSSR count). The van der Waals surface area contributed by atoms with Crippen LogP contribution in [0.5, 0.6) is 0 Å². The Labute approximate surface area is 115 Å². The van der Waals surface area contributed by atoms with Gasteiger partial charge < -0.3 is 16.3 Å². The maximum absolute atomic E-state index is 11.5. The number of nitrogens with zero attached hydrogens (tertiary/aromatic N) is 1. The van der Waals surface area contributed by atoms with Crippen LogP contribution in [-0.2, 0) is 9.84 Å². The highest BCUT2D eigenvalue weighted by atomic mass is 32.2. The molecule has 0 amide bonds. The lowest BCUT2D eigenvalue weighted by Gasteiger charge is -2.26. The molecule has 1 saturated heterocycles. The Morgan fingerprint density at radius 1 is 1.53 bits per heavy atom. The van der Waals surface area contributed by atoms with Gasteiger partial charge in [-0.2, -0.15) is 0 Å². The van der Waals surface area contributed by atoms with Crippen molar-refractivity contribution in [3.05, 3.63) is 0 Å². The number of hydrogen-bond donors (Lipinski definition) is 3. The van der Waals surface area contributed by atoms with Gasteiger partial charge >= 0.3 is 0 Å². The largest absolute Gasteiger partial charge is 0.409 e. The van der Waals surface area contributed by atoms with E-state index in [2.05, 4.69) is 10.5 Å². The second-order valence-electron chi connectivity index (χ2n) is 6.30. The summed E-state index contributed by atoms with van der Waals surface area (Å²) in [4.78, 5) is 0. The van der Waals surface area contributed by atoms with Gasteiger partial charge in [-0.25, -0.2) is 8.42 Å². The number of amidine groups is 1. The fraction of sp³-hybridized carbons (Fsp3) is 0.917. The van der Waals surface area contributed by atoms with Crippen molar-refractivity contribution in [2.75, 3.05) is 18.1 Å². The molecule has 6 nitrogen and oxygen atoms in total. The van der Waals surface area contributed by atoms with Crippen molar-refractivity contribution in [2.45, 2.75) is 45.6 Å². The molecule has 0 aliphatic carbocycles. The van der Waals surface area contributed by atoms with E-state index in [9.17, 15) is 8.42 Å². The van der Waals surface area contributed by atoms with Crippen LogP contribution in [0, 0.1) is 5.41 Å². The van der Waals surface area contributed by atoms with Crippen molar-refractivity contribution >= 4 is 15.7 Å². The molecule has 1 aliphatic heterocycles. The topological polar surface area (TPSA) is 105 Å². The Morgan fingerprint density at radius 2 is 2.16 bits per heavy atom. The second kappa shape index (κ2) is 5.66. The molecule has 7 heteroatoms. The summed E-state index contributed by atoms with van der Waals surface area (Å²) < 4.78 is 22.9. The lowest BCUT2D eigenvalue weighted by molar-refractivity contribution is 0.303. The first-order valence-electron chi connectivity index (χ1n) is 6.54. The number of nitrogens with one attached hydrogen (secondary N) is 1. The van der Waals surface area contributed by atoms with Crippen molar-refractivity contribution in [1.82, 2.24) is 5.32 Å².